The number of hydrogen-bond donors (Lipinski definition) is 0. The van der Waals surface area contributed by atoms with Crippen LogP contribution in [0.15, 0.2) is 24.3 Å². The third kappa shape index (κ3) is 2.39. The first-order valence-corrected chi connectivity index (χ1v) is 6.97. The molecular formula is C15H20N2O2. The van der Waals surface area contributed by atoms with Crippen molar-refractivity contribution in [1.82, 2.24) is 4.90 Å². The smallest absolute Gasteiger partial charge is 0.209 e. The fraction of sp³-hybridized carbons (Fsp3) is 0.533. The first-order valence-electron chi connectivity index (χ1n) is 6.97. The van der Waals surface area contributed by atoms with E-state index in [1.165, 1.54) is 5.69 Å². The highest BCUT2D eigenvalue weighted by atomic mass is 16.5. The van der Waals surface area contributed by atoms with Crippen molar-refractivity contribution in [1.29, 1.82) is 0 Å². The molecule has 3 rings (SSSR count). The summed E-state index contributed by atoms with van der Waals surface area (Å²) in [5.74, 6) is 2.20. The molecule has 102 valence electrons. The summed E-state index contributed by atoms with van der Waals surface area (Å²) in [7, 11) is 0. The van der Waals surface area contributed by atoms with Gasteiger partial charge in [-0.3, -0.25) is 4.79 Å². The molecule has 0 bridgehead atoms. The Kier molecular flexibility index (Phi) is 3.32. The zero-order valence-electron chi connectivity index (χ0n) is 11.3. The second-order valence-corrected chi connectivity index (χ2v) is 5.41. The van der Waals surface area contributed by atoms with Gasteiger partial charge >= 0.3 is 0 Å². The monoisotopic (exact) mass is 260 g/mol. The van der Waals surface area contributed by atoms with Crippen LogP contribution in [0.25, 0.3) is 0 Å². The normalized spacial score (nSPS) is 25.5. The lowest BCUT2D eigenvalue weighted by Gasteiger charge is -2.21. The SMILES string of the molecule is CCOc1ccc(N2CC3CN(C=O)CC3C2)cc1. The summed E-state index contributed by atoms with van der Waals surface area (Å²) in [6, 6.07) is 8.32. The summed E-state index contributed by atoms with van der Waals surface area (Å²) in [6.07, 6.45) is 0.986. The van der Waals surface area contributed by atoms with E-state index in [4.69, 9.17) is 4.74 Å². The van der Waals surface area contributed by atoms with Crippen LogP contribution in [0.2, 0.25) is 0 Å². The fourth-order valence-electron chi connectivity index (χ4n) is 3.25. The Morgan fingerprint density at radius 1 is 1.16 bits per heavy atom. The molecule has 0 N–H and O–H groups in total. The first kappa shape index (κ1) is 12.3. The number of carbonyl (C=O) groups excluding carboxylic acids is 1. The number of likely N-dealkylation sites (tertiary alicyclic amines) is 1. The molecule has 2 aliphatic heterocycles. The van der Waals surface area contributed by atoms with Crippen molar-refractivity contribution < 1.29 is 9.53 Å². The van der Waals surface area contributed by atoms with Gasteiger partial charge in [-0.25, -0.2) is 0 Å². The van der Waals surface area contributed by atoms with E-state index in [-0.39, 0.29) is 0 Å². The van der Waals surface area contributed by atoms with Crippen LogP contribution in [0.1, 0.15) is 6.92 Å². The van der Waals surface area contributed by atoms with Gasteiger partial charge in [0.2, 0.25) is 6.41 Å². The van der Waals surface area contributed by atoms with Crippen LogP contribution in [0.4, 0.5) is 5.69 Å². The van der Waals surface area contributed by atoms with E-state index in [1.54, 1.807) is 0 Å². The van der Waals surface area contributed by atoms with Crippen molar-refractivity contribution in [3.05, 3.63) is 24.3 Å². The number of carbonyl (C=O) groups is 1. The molecule has 0 saturated carbocycles. The zero-order chi connectivity index (χ0) is 13.2. The summed E-state index contributed by atoms with van der Waals surface area (Å²) in [5, 5.41) is 0. The minimum absolute atomic E-state index is 0.636. The second kappa shape index (κ2) is 5.11. The minimum Gasteiger partial charge on any atom is -0.494 e. The second-order valence-electron chi connectivity index (χ2n) is 5.41. The molecule has 0 aliphatic carbocycles. The summed E-state index contributed by atoms with van der Waals surface area (Å²) >= 11 is 0. The molecule has 2 saturated heterocycles. The van der Waals surface area contributed by atoms with Crippen molar-refractivity contribution in [3.8, 4) is 5.75 Å². The van der Waals surface area contributed by atoms with Crippen LogP contribution >= 0.6 is 0 Å². The zero-order valence-corrected chi connectivity index (χ0v) is 11.3. The van der Waals surface area contributed by atoms with E-state index in [9.17, 15) is 4.79 Å². The van der Waals surface area contributed by atoms with Gasteiger partial charge in [-0.15, -0.1) is 0 Å². The van der Waals surface area contributed by atoms with E-state index >= 15 is 0 Å². The van der Waals surface area contributed by atoms with Crippen LogP contribution in [-0.4, -0.2) is 44.1 Å². The molecule has 0 radical (unpaired) electrons. The number of hydrogen-bond acceptors (Lipinski definition) is 3. The maximum Gasteiger partial charge on any atom is 0.209 e. The van der Waals surface area contributed by atoms with Gasteiger partial charge in [0.25, 0.3) is 0 Å². The summed E-state index contributed by atoms with van der Waals surface area (Å²) in [5.41, 5.74) is 1.26. The van der Waals surface area contributed by atoms with E-state index in [2.05, 4.69) is 17.0 Å². The number of ether oxygens (including phenoxy) is 1. The maximum atomic E-state index is 10.8. The molecule has 0 spiro atoms. The number of fused-ring (bicyclic) bond motifs is 1. The van der Waals surface area contributed by atoms with Crippen LogP contribution in [0.3, 0.4) is 0 Å². The number of amides is 1. The lowest BCUT2D eigenvalue weighted by atomic mass is 10.0. The highest BCUT2D eigenvalue weighted by Crippen LogP contribution is 2.33. The number of anilines is 1. The Balaban J connectivity index is 1.64. The molecule has 4 nitrogen and oxygen atoms in total. The van der Waals surface area contributed by atoms with Crippen molar-refractivity contribution in [2.75, 3.05) is 37.7 Å². The molecule has 2 aliphatic rings. The number of rotatable bonds is 4. The molecular weight excluding hydrogens is 240 g/mol. The van der Waals surface area contributed by atoms with Crippen LogP contribution < -0.4 is 9.64 Å². The topological polar surface area (TPSA) is 32.8 Å². The van der Waals surface area contributed by atoms with E-state index in [0.717, 1.165) is 38.3 Å². The molecule has 1 aromatic carbocycles. The number of benzene rings is 1. The number of nitrogens with zero attached hydrogens (tertiary/aromatic N) is 2. The van der Waals surface area contributed by atoms with Gasteiger partial charge in [-0.2, -0.15) is 0 Å². The molecule has 1 amide bonds. The van der Waals surface area contributed by atoms with Crippen molar-refractivity contribution in [2.45, 2.75) is 6.92 Å². The lowest BCUT2D eigenvalue weighted by molar-refractivity contribution is -0.117. The third-order valence-corrected chi connectivity index (χ3v) is 4.18. The summed E-state index contributed by atoms with van der Waals surface area (Å²) in [4.78, 5) is 15.1. The fourth-order valence-corrected chi connectivity index (χ4v) is 3.25. The van der Waals surface area contributed by atoms with Gasteiger partial charge in [0.05, 0.1) is 6.61 Å². The van der Waals surface area contributed by atoms with Gasteiger partial charge in [0.1, 0.15) is 5.75 Å². The summed E-state index contributed by atoms with van der Waals surface area (Å²) < 4.78 is 5.46. The Bertz CT molecular complexity index is 432. The van der Waals surface area contributed by atoms with E-state index in [1.807, 2.05) is 24.0 Å². The highest BCUT2D eigenvalue weighted by Gasteiger charge is 2.39. The van der Waals surface area contributed by atoms with Gasteiger partial charge in [0, 0.05) is 43.7 Å². The third-order valence-electron chi connectivity index (χ3n) is 4.18. The van der Waals surface area contributed by atoms with Gasteiger partial charge in [-0.1, -0.05) is 0 Å². The van der Waals surface area contributed by atoms with Crippen molar-refractivity contribution >= 4 is 12.1 Å². The maximum absolute atomic E-state index is 10.8. The van der Waals surface area contributed by atoms with E-state index < -0.39 is 0 Å². The average molecular weight is 260 g/mol. The quantitative estimate of drug-likeness (QED) is 0.771. The van der Waals surface area contributed by atoms with Gasteiger partial charge in [-0.05, 0) is 31.2 Å². The van der Waals surface area contributed by atoms with Crippen molar-refractivity contribution in [2.24, 2.45) is 11.8 Å². The Morgan fingerprint density at radius 2 is 1.79 bits per heavy atom. The van der Waals surface area contributed by atoms with Crippen LogP contribution in [-0.2, 0) is 4.79 Å². The Morgan fingerprint density at radius 3 is 2.32 bits per heavy atom. The summed E-state index contributed by atoms with van der Waals surface area (Å²) in [6.45, 7) is 6.65. The van der Waals surface area contributed by atoms with Crippen molar-refractivity contribution in [3.63, 3.8) is 0 Å². The predicted molar refractivity (Wildman–Crippen MR) is 74.4 cm³/mol. The lowest BCUT2D eigenvalue weighted by Crippen LogP contribution is -2.27. The Hall–Kier alpha value is -1.71. The van der Waals surface area contributed by atoms with E-state index in [0.29, 0.717) is 18.4 Å². The van der Waals surface area contributed by atoms with Crippen LogP contribution in [0, 0.1) is 11.8 Å². The standard InChI is InChI=1S/C15H20N2O2/c1-2-19-15-5-3-14(4-6-15)17-9-12-7-16(11-18)8-13(12)10-17/h3-6,11-13H,2,7-10H2,1H3. The molecule has 2 atom stereocenters. The molecule has 19 heavy (non-hydrogen) atoms. The average Bonchev–Trinajstić information content (AvgIpc) is 2.97. The predicted octanol–water partition coefficient (Wildman–Crippen LogP) is 1.61. The first-order chi connectivity index (χ1) is 9.30. The molecule has 0 aromatic heterocycles. The molecule has 2 heterocycles. The molecule has 2 fully saturated rings. The van der Waals surface area contributed by atoms with Gasteiger partial charge in [0.15, 0.2) is 0 Å². The van der Waals surface area contributed by atoms with Crippen LogP contribution in [0.5, 0.6) is 5.75 Å². The largest absolute Gasteiger partial charge is 0.494 e. The van der Waals surface area contributed by atoms with Gasteiger partial charge < -0.3 is 14.5 Å². The molecule has 1 aromatic rings. The molecule has 2 unspecified atom stereocenters. The highest BCUT2D eigenvalue weighted by molar-refractivity contribution is 5.52. The minimum atomic E-state index is 0.636. The molecule has 4 heteroatoms. The Labute approximate surface area is 113 Å².